The second-order valence-corrected chi connectivity index (χ2v) is 4.53. The van der Waals surface area contributed by atoms with Gasteiger partial charge in [-0.2, -0.15) is 13.2 Å². The standard InChI is InChI=1S/C16H16F3NO/c17-16(18,19)12-20-10-11-21-15-8-6-14(7-9-15)13-4-2-1-3-5-13/h1-9,20H,10-12H2. The molecule has 0 fully saturated rings. The van der Waals surface area contributed by atoms with Gasteiger partial charge in [-0.3, -0.25) is 0 Å². The molecule has 5 heteroatoms. The summed E-state index contributed by atoms with van der Waals surface area (Å²) in [4.78, 5) is 0. The number of hydrogen-bond donors (Lipinski definition) is 1. The lowest BCUT2D eigenvalue weighted by atomic mass is 10.1. The molecule has 0 heterocycles. The van der Waals surface area contributed by atoms with Crippen molar-refractivity contribution >= 4 is 0 Å². The monoisotopic (exact) mass is 295 g/mol. The molecule has 2 nitrogen and oxygen atoms in total. The first-order valence-electron chi connectivity index (χ1n) is 6.60. The molecule has 1 N–H and O–H groups in total. The summed E-state index contributed by atoms with van der Waals surface area (Å²) in [6.07, 6.45) is -4.18. The summed E-state index contributed by atoms with van der Waals surface area (Å²) >= 11 is 0. The zero-order valence-electron chi connectivity index (χ0n) is 11.4. The van der Waals surface area contributed by atoms with Crippen molar-refractivity contribution in [2.45, 2.75) is 6.18 Å². The molecule has 112 valence electrons. The van der Waals surface area contributed by atoms with E-state index in [1.54, 1.807) is 0 Å². The summed E-state index contributed by atoms with van der Waals surface area (Å²) in [5.74, 6) is 0.642. The quantitative estimate of drug-likeness (QED) is 0.816. The highest BCUT2D eigenvalue weighted by molar-refractivity contribution is 5.63. The third-order valence-corrected chi connectivity index (χ3v) is 2.83. The molecule has 0 aliphatic carbocycles. The van der Waals surface area contributed by atoms with Crippen molar-refractivity contribution in [3.63, 3.8) is 0 Å². The fraction of sp³-hybridized carbons (Fsp3) is 0.250. The van der Waals surface area contributed by atoms with E-state index in [0.29, 0.717) is 5.75 Å². The van der Waals surface area contributed by atoms with E-state index in [-0.39, 0.29) is 13.2 Å². The number of halogens is 3. The van der Waals surface area contributed by atoms with E-state index in [9.17, 15) is 13.2 Å². The fourth-order valence-corrected chi connectivity index (χ4v) is 1.85. The number of rotatable bonds is 6. The van der Waals surface area contributed by atoms with Gasteiger partial charge in [0.05, 0.1) is 6.54 Å². The van der Waals surface area contributed by atoms with Gasteiger partial charge in [0.25, 0.3) is 0 Å². The van der Waals surface area contributed by atoms with Crippen LogP contribution in [-0.4, -0.2) is 25.9 Å². The van der Waals surface area contributed by atoms with E-state index in [1.165, 1.54) is 0 Å². The predicted octanol–water partition coefficient (Wildman–Crippen LogP) is 3.88. The van der Waals surface area contributed by atoms with Crippen molar-refractivity contribution in [3.05, 3.63) is 54.6 Å². The summed E-state index contributed by atoms with van der Waals surface area (Å²) < 4.78 is 41.1. The number of alkyl halides is 3. The van der Waals surface area contributed by atoms with Crippen LogP contribution in [0.3, 0.4) is 0 Å². The first-order valence-corrected chi connectivity index (χ1v) is 6.60. The first kappa shape index (κ1) is 15.4. The maximum atomic E-state index is 11.9. The second kappa shape index (κ2) is 7.13. The summed E-state index contributed by atoms with van der Waals surface area (Å²) in [5.41, 5.74) is 2.18. The van der Waals surface area contributed by atoms with Crippen molar-refractivity contribution in [1.29, 1.82) is 0 Å². The Morgan fingerprint density at radius 1 is 0.857 bits per heavy atom. The number of nitrogens with one attached hydrogen (secondary N) is 1. The molecule has 0 radical (unpaired) electrons. The summed E-state index contributed by atoms with van der Waals surface area (Å²) in [6, 6.07) is 17.4. The summed E-state index contributed by atoms with van der Waals surface area (Å²) in [7, 11) is 0. The van der Waals surface area contributed by atoms with Crippen LogP contribution >= 0.6 is 0 Å². The molecule has 0 saturated heterocycles. The van der Waals surface area contributed by atoms with Gasteiger partial charge in [0, 0.05) is 6.54 Å². The minimum Gasteiger partial charge on any atom is -0.492 e. The van der Waals surface area contributed by atoms with Crippen molar-refractivity contribution < 1.29 is 17.9 Å². The molecule has 0 aliphatic rings. The Bertz CT molecular complexity index is 538. The maximum absolute atomic E-state index is 11.9. The van der Waals surface area contributed by atoms with Gasteiger partial charge in [-0.05, 0) is 23.3 Å². The topological polar surface area (TPSA) is 21.3 Å². The number of ether oxygens (including phenoxy) is 1. The van der Waals surface area contributed by atoms with E-state index in [2.05, 4.69) is 5.32 Å². The van der Waals surface area contributed by atoms with E-state index in [4.69, 9.17) is 4.74 Å². The van der Waals surface area contributed by atoms with E-state index < -0.39 is 12.7 Å². The van der Waals surface area contributed by atoms with Crippen LogP contribution in [-0.2, 0) is 0 Å². The molecule has 0 spiro atoms. The summed E-state index contributed by atoms with van der Waals surface area (Å²) in [5, 5.41) is 2.28. The second-order valence-electron chi connectivity index (χ2n) is 4.53. The Labute approximate surface area is 121 Å². The molecule has 0 unspecified atom stereocenters. The zero-order valence-corrected chi connectivity index (χ0v) is 11.4. The third-order valence-electron chi connectivity index (χ3n) is 2.83. The van der Waals surface area contributed by atoms with Crippen molar-refractivity contribution in [2.24, 2.45) is 0 Å². The molecule has 2 aromatic rings. The third kappa shape index (κ3) is 5.47. The van der Waals surface area contributed by atoms with Crippen LogP contribution in [0, 0.1) is 0 Å². The van der Waals surface area contributed by atoms with Crippen LogP contribution in [0.25, 0.3) is 11.1 Å². The predicted molar refractivity (Wildman–Crippen MR) is 76.3 cm³/mol. The molecule has 21 heavy (non-hydrogen) atoms. The Kier molecular flexibility index (Phi) is 5.22. The fourth-order valence-electron chi connectivity index (χ4n) is 1.85. The SMILES string of the molecule is FC(F)(F)CNCCOc1ccc(-c2ccccc2)cc1. The average Bonchev–Trinajstić information content (AvgIpc) is 2.47. The minimum absolute atomic E-state index is 0.153. The molecule has 0 aromatic heterocycles. The highest BCUT2D eigenvalue weighted by Crippen LogP contribution is 2.21. The van der Waals surface area contributed by atoms with Gasteiger partial charge in [0.1, 0.15) is 12.4 Å². The highest BCUT2D eigenvalue weighted by atomic mass is 19.4. The van der Waals surface area contributed by atoms with E-state index >= 15 is 0 Å². The molecule has 0 atom stereocenters. The van der Waals surface area contributed by atoms with E-state index in [1.807, 2.05) is 54.6 Å². The summed E-state index contributed by atoms with van der Waals surface area (Å²) in [6.45, 7) is -0.649. The van der Waals surface area contributed by atoms with Crippen LogP contribution in [0.5, 0.6) is 5.75 Å². The zero-order chi connectivity index (χ0) is 15.1. The maximum Gasteiger partial charge on any atom is 0.401 e. The van der Waals surface area contributed by atoms with Crippen LogP contribution in [0.4, 0.5) is 13.2 Å². The average molecular weight is 295 g/mol. The molecule has 2 rings (SSSR count). The Hall–Kier alpha value is -2.01. The van der Waals surface area contributed by atoms with Gasteiger partial charge in [-0.25, -0.2) is 0 Å². The smallest absolute Gasteiger partial charge is 0.401 e. The van der Waals surface area contributed by atoms with Crippen LogP contribution in [0.1, 0.15) is 0 Å². The molecule has 0 saturated carbocycles. The van der Waals surface area contributed by atoms with Gasteiger partial charge >= 0.3 is 6.18 Å². The van der Waals surface area contributed by atoms with Crippen LogP contribution in [0.15, 0.2) is 54.6 Å². The Morgan fingerprint density at radius 2 is 1.48 bits per heavy atom. The van der Waals surface area contributed by atoms with Crippen molar-refractivity contribution in [2.75, 3.05) is 19.7 Å². The first-order chi connectivity index (χ1) is 10.0. The van der Waals surface area contributed by atoms with Crippen molar-refractivity contribution in [3.8, 4) is 16.9 Å². The lowest BCUT2D eigenvalue weighted by Gasteiger charge is -2.10. The normalized spacial score (nSPS) is 11.4. The molecule has 2 aromatic carbocycles. The van der Waals surface area contributed by atoms with Gasteiger partial charge in [0.2, 0.25) is 0 Å². The molecular weight excluding hydrogens is 279 g/mol. The molecule has 0 bridgehead atoms. The highest BCUT2D eigenvalue weighted by Gasteiger charge is 2.25. The Morgan fingerprint density at radius 3 is 2.10 bits per heavy atom. The van der Waals surface area contributed by atoms with Crippen molar-refractivity contribution in [1.82, 2.24) is 5.32 Å². The van der Waals surface area contributed by atoms with Gasteiger partial charge in [0.15, 0.2) is 0 Å². The van der Waals surface area contributed by atoms with E-state index in [0.717, 1.165) is 11.1 Å². The Balaban J connectivity index is 1.78. The largest absolute Gasteiger partial charge is 0.492 e. The number of hydrogen-bond acceptors (Lipinski definition) is 2. The molecule has 0 aliphatic heterocycles. The minimum atomic E-state index is -4.18. The van der Waals surface area contributed by atoms with Gasteiger partial charge in [-0.15, -0.1) is 0 Å². The number of benzene rings is 2. The lowest BCUT2D eigenvalue weighted by Crippen LogP contribution is -2.31. The molecule has 0 amide bonds. The molecular formula is C16H16F3NO. The lowest BCUT2D eigenvalue weighted by molar-refractivity contribution is -0.124. The van der Waals surface area contributed by atoms with Crippen LogP contribution in [0.2, 0.25) is 0 Å². The van der Waals surface area contributed by atoms with Crippen LogP contribution < -0.4 is 10.1 Å². The van der Waals surface area contributed by atoms with Gasteiger partial charge in [-0.1, -0.05) is 42.5 Å². The van der Waals surface area contributed by atoms with Gasteiger partial charge < -0.3 is 10.1 Å².